The number of H-pyrrole nitrogens is 8. The highest BCUT2D eigenvalue weighted by atomic mass is 35.5. The number of piperidine rings is 1. The molecule has 1 aliphatic heterocycles. The van der Waals surface area contributed by atoms with Gasteiger partial charge in [-0.2, -0.15) is 91.5 Å². The van der Waals surface area contributed by atoms with Crippen molar-refractivity contribution < 1.29 is 62.2 Å². The maximum absolute atomic E-state index is 13.8. The van der Waals surface area contributed by atoms with E-state index in [4.69, 9.17) is 16.3 Å². The van der Waals surface area contributed by atoms with Crippen LogP contribution in [0.15, 0.2) is 281 Å². The standard InChI is InChI=1S/C30H26F3N5O3.C23H19F3N6O.C22H16ClF3N6O.C21H16F3N7O/c31-30(32,33)22-12-10-21(11-13-22)26-25(27(39)38(36-26)28-34-23-8-4-5-9-24(23)35-28)20-14-16-37(17-15-20)29(40)41-18-19-6-2-1-3-7-19;1-14-27-11-13-31(14)12-10-17-20(15-6-8-16(9-7-15)23(24,25)26)30-32(21(17)33)22-28-18-4-2-3-5-19(18)29-22;23-15-11-27-31(12-15)10-9-16-19(13-5-7-14(8-6-13)22(24,25)26)30-32(20(16)33)21-28-17-3-1-2-4-18(17)29-21;22-21(23,24)14-7-5-13(6-8-14)18-15(9-12-30-25-10-11-26-30)19(32)31(29-18)20-27-16-3-1-2-4-17(16)28-20/h1-13,20,36H,14-18H2,(H,34,35);2-9,11,13,30H,10,12H2,1H3,(H,28,29);1-8,11-12,30H,9-10H2,(H,28,29);1-8,10-11,29H,9,12H2,(H,27,28). The molecule has 0 bridgehead atoms. The van der Waals surface area contributed by atoms with Crippen LogP contribution in [0.2, 0.25) is 5.02 Å². The molecule has 139 heavy (non-hydrogen) atoms. The molecule has 1 saturated heterocycles. The molecule has 21 rings (SSSR count). The van der Waals surface area contributed by atoms with Crippen molar-refractivity contribution in [1.29, 1.82) is 0 Å². The zero-order valence-electron chi connectivity index (χ0n) is 72.7. The number of aromatic amines is 8. The normalized spacial score (nSPS) is 12.7. The highest BCUT2D eigenvalue weighted by Gasteiger charge is 2.37. The van der Waals surface area contributed by atoms with E-state index in [0.717, 1.165) is 82.0 Å². The molecule has 8 N–H and O–H groups in total. The van der Waals surface area contributed by atoms with Gasteiger partial charge in [0.2, 0.25) is 23.8 Å². The Labute approximate surface area is 780 Å². The van der Waals surface area contributed by atoms with E-state index in [-0.39, 0.29) is 65.4 Å². The molecule has 12 heterocycles. The van der Waals surface area contributed by atoms with Crippen molar-refractivity contribution >= 4 is 61.8 Å². The smallest absolute Gasteiger partial charge is 0.416 e. The molecule has 1 amide bonds. The predicted molar refractivity (Wildman–Crippen MR) is 491 cm³/mol. The van der Waals surface area contributed by atoms with Crippen LogP contribution >= 0.6 is 11.6 Å². The third-order valence-corrected chi connectivity index (χ3v) is 23.6. The molecule has 30 nitrogen and oxygen atoms in total. The predicted octanol–water partition coefficient (Wildman–Crippen LogP) is 19.1. The lowest BCUT2D eigenvalue weighted by Crippen LogP contribution is -2.39. The minimum atomic E-state index is -4.48. The number of aromatic nitrogens is 23. The summed E-state index contributed by atoms with van der Waals surface area (Å²) in [7, 11) is 0. The van der Waals surface area contributed by atoms with Crippen molar-refractivity contribution in [1.82, 2.24) is 118 Å². The summed E-state index contributed by atoms with van der Waals surface area (Å²) in [6.45, 7) is 3.95. The average Bonchev–Trinajstić information content (AvgIpc) is 1.62. The van der Waals surface area contributed by atoms with Crippen LogP contribution in [0.25, 0.3) is 113 Å². The second-order valence-electron chi connectivity index (χ2n) is 32.2. The van der Waals surface area contributed by atoms with Gasteiger partial charge in [-0.05, 0) is 163 Å². The summed E-state index contributed by atoms with van der Waals surface area (Å²) < 4.78 is 171. The van der Waals surface area contributed by atoms with Gasteiger partial charge >= 0.3 is 30.8 Å². The summed E-state index contributed by atoms with van der Waals surface area (Å²) in [6.07, 6.45) is -6.69. The fourth-order valence-corrected chi connectivity index (χ4v) is 16.4. The second-order valence-corrected chi connectivity index (χ2v) is 32.7. The van der Waals surface area contributed by atoms with Crippen LogP contribution in [0, 0.1) is 6.92 Å². The summed E-state index contributed by atoms with van der Waals surface area (Å²) in [5.41, 5.74) is 7.39. The van der Waals surface area contributed by atoms with Crippen molar-refractivity contribution in [2.45, 2.75) is 95.9 Å². The molecule has 43 heteroatoms. The highest BCUT2D eigenvalue weighted by molar-refractivity contribution is 6.30. The second kappa shape index (κ2) is 38.5. The van der Waals surface area contributed by atoms with Crippen molar-refractivity contribution in [2.24, 2.45) is 0 Å². The molecule has 9 aromatic carbocycles. The Balaban J connectivity index is 0.000000123. The van der Waals surface area contributed by atoms with Crippen LogP contribution in [0.5, 0.6) is 0 Å². The molecule has 1 fully saturated rings. The van der Waals surface area contributed by atoms with Crippen molar-refractivity contribution in [3.05, 3.63) is 364 Å². The number of carbonyl (C=O) groups is 1. The van der Waals surface area contributed by atoms with Gasteiger partial charge in [-0.15, -0.1) is 0 Å². The van der Waals surface area contributed by atoms with Gasteiger partial charge < -0.3 is 34.1 Å². The number of hydrogen-bond acceptors (Lipinski definition) is 14. The Morgan fingerprint density at radius 2 is 0.755 bits per heavy atom. The third kappa shape index (κ3) is 20.3. The number of carbonyl (C=O) groups excluding carboxylic acids is 1. The molecule has 11 aromatic heterocycles. The number of benzene rings is 9. The van der Waals surface area contributed by atoms with E-state index >= 15 is 0 Å². The fraction of sp³-hybridized carbons (Fsp3) is 0.177. The summed E-state index contributed by atoms with van der Waals surface area (Å²) in [6, 6.07) is 57.5. The topological polar surface area (TPSA) is 362 Å². The lowest BCUT2D eigenvalue weighted by molar-refractivity contribution is -0.138. The number of fused-ring (bicyclic) bond motifs is 4. The van der Waals surface area contributed by atoms with Gasteiger partial charge in [0.15, 0.2) is 0 Å². The molecule has 0 aliphatic carbocycles. The number of rotatable bonds is 20. The van der Waals surface area contributed by atoms with E-state index in [9.17, 15) is 76.7 Å². The molecule has 708 valence electrons. The van der Waals surface area contributed by atoms with Crippen LogP contribution in [-0.4, -0.2) is 137 Å². The fourth-order valence-electron chi connectivity index (χ4n) is 16.2. The number of likely N-dealkylation sites (tertiary alicyclic amines) is 1. The molecular formula is C96H77ClF12N24O6. The van der Waals surface area contributed by atoms with Gasteiger partial charge in [0.05, 0.1) is 119 Å². The van der Waals surface area contributed by atoms with Crippen LogP contribution in [0.1, 0.15) is 74.7 Å². The number of alkyl halides is 12. The summed E-state index contributed by atoms with van der Waals surface area (Å²) in [5.74, 6) is 1.71. The molecule has 0 unspecified atom stereocenters. The lowest BCUT2D eigenvalue weighted by Gasteiger charge is -2.31. The first-order chi connectivity index (χ1) is 66.8. The van der Waals surface area contributed by atoms with Crippen LogP contribution in [0.4, 0.5) is 57.5 Å². The lowest BCUT2D eigenvalue weighted by atomic mass is 9.88. The van der Waals surface area contributed by atoms with Crippen LogP contribution in [-0.2, 0) is 74.9 Å². The van der Waals surface area contributed by atoms with E-state index in [1.807, 2.05) is 145 Å². The largest absolute Gasteiger partial charge is 0.445 e. The zero-order valence-corrected chi connectivity index (χ0v) is 73.5. The number of amides is 1. The van der Waals surface area contributed by atoms with E-state index in [1.54, 1.807) is 22.0 Å². The summed E-state index contributed by atoms with van der Waals surface area (Å²) in [5, 5.41) is 24.8. The number of halogens is 13. The minimum Gasteiger partial charge on any atom is -0.445 e. The Hall–Kier alpha value is -16.8. The minimum absolute atomic E-state index is 0.164. The Morgan fingerprint density at radius 3 is 1.11 bits per heavy atom. The van der Waals surface area contributed by atoms with Gasteiger partial charge in [-0.3, -0.25) is 44.3 Å². The van der Waals surface area contributed by atoms with E-state index < -0.39 is 53.1 Å². The Bertz CT molecular complexity index is 7880. The molecular weight excluding hydrogens is 1850 g/mol. The first-order valence-corrected chi connectivity index (χ1v) is 43.5. The van der Waals surface area contributed by atoms with E-state index in [1.165, 1.54) is 90.6 Å². The monoisotopic (exact) mass is 1920 g/mol. The third-order valence-electron chi connectivity index (χ3n) is 23.4. The number of para-hydroxylation sites is 8. The van der Waals surface area contributed by atoms with Crippen molar-refractivity contribution in [2.75, 3.05) is 13.1 Å². The molecule has 0 spiro atoms. The Morgan fingerprint density at radius 1 is 0.410 bits per heavy atom. The molecule has 20 aromatic rings. The maximum atomic E-state index is 13.8. The van der Waals surface area contributed by atoms with E-state index in [0.29, 0.717) is 152 Å². The number of aryl methyl sites for hydroxylation is 4. The van der Waals surface area contributed by atoms with Gasteiger partial charge in [0, 0.05) is 73.4 Å². The Kier molecular flexibility index (Phi) is 25.7. The first-order valence-electron chi connectivity index (χ1n) is 43.1. The highest BCUT2D eigenvalue weighted by Crippen LogP contribution is 2.39. The van der Waals surface area contributed by atoms with Crippen molar-refractivity contribution in [3.8, 4) is 68.8 Å². The number of hydrogen-bond donors (Lipinski definition) is 8. The number of ether oxygens (including phenoxy) is 1. The maximum Gasteiger partial charge on any atom is 0.416 e. The number of nitrogens with zero attached hydrogens (tertiary/aromatic N) is 16. The molecule has 0 radical (unpaired) electrons. The first kappa shape index (κ1) is 92.6. The quantitative estimate of drug-likeness (QED) is 0.0329. The summed E-state index contributed by atoms with van der Waals surface area (Å²) >= 11 is 5.92. The van der Waals surface area contributed by atoms with Gasteiger partial charge in [-0.1, -0.05) is 139 Å². The zero-order chi connectivity index (χ0) is 97.2. The SMILES string of the molecule is Cc1nccn1CCc1c(-c2ccc(C(F)(F)F)cc2)[nH]n(-c2nc3ccccc3[nH]2)c1=O.O=C(OCc1ccccc1)N1CCC(c2c(-c3ccc(C(F)(F)F)cc3)[nH]n(-c3nc4ccccc4[nH]3)c2=O)CC1.O=c1c(CCn2cc(Cl)cn2)c(-c2ccc(C(F)(F)F)cc2)[nH]n1-c1nc2ccccc2[nH]1.O=c1c(CCn2nccn2)c(-c2ccc(C(F)(F)F)cc2)[nH]n1-c1nc2ccccc2[nH]1. The van der Waals surface area contributed by atoms with Gasteiger partial charge in [-0.25, -0.2) is 29.7 Å². The number of imidazole rings is 5. The molecule has 1 aliphatic rings. The van der Waals surface area contributed by atoms with Crippen LogP contribution in [0.3, 0.4) is 0 Å². The summed E-state index contributed by atoms with van der Waals surface area (Å²) in [4.78, 5) is 104. The molecule has 0 saturated carbocycles. The van der Waals surface area contributed by atoms with Gasteiger partial charge in [0.1, 0.15) is 12.4 Å². The average molecular weight is 1930 g/mol. The van der Waals surface area contributed by atoms with Crippen molar-refractivity contribution in [3.63, 3.8) is 0 Å². The van der Waals surface area contributed by atoms with Gasteiger partial charge in [0.25, 0.3) is 22.2 Å². The van der Waals surface area contributed by atoms with Crippen LogP contribution < -0.4 is 22.2 Å². The molecule has 0 atom stereocenters. The number of nitrogens with one attached hydrogen (secondary N) is 8. The van der Waals surface area contributed by atoms with E-state index in [2.05, 4.69) is 80.5 Å².